The van der Waals surface area contributed by atoms with E-state index in [9.17, 15) is 24.8 Å². The SMILES string of the molecule is O=c1c(Nc2ccc([N+](=O)[O-])cc2O)c(Nc2cccc3n[nH]nc23)c1=O. The van der Waals surface area contributed by atoms with E-state index in [1.54, 1.807) is 18.2 Å². The van der Waals surface area contributed by atoms with Crippen LogP contribution in [-0.4, -0.2) is 25.4 Å². The van der Waals surface area contributed by atoms with Crippen LogP contribution in [0.2, 0.25) is 0 Å². The second-order valence-electron chi connectivity index (χ2n) is 5.61. The van der Waals surface area contributed by atoms with Gasteiger partial charge in [0.1, 0.15) is 28.2 Å². The summed E-state index contributed by atoms with van der Waals surface area (Å²) in [4.78, 5) is 34.0. The number of aromatic amines is 1. The summed E-state index contributed by atoms with van der Waals surface area (Å²) in [6.45, 7) is 0. The number of nitro groups is 1. The number of phenols is 1. The number of aromatic hydroxyl groups is 1. The minimum atomic E-state index is -0.775. The highest BCUT2D eigenvalue weighted by atomic mass is 16.6. The summed E-state index contributed by atoms with van der Waals surface area (Å²) in [5, 5.41) is 36.5. The van der Waals surface area contributed by atoms with Gasteiger partial charge in [-0.25, -0.2) is 0 Å². The van der Waals surface area contributed by atoms with E-state index < -0.39 is 21.5 Å². The normalized spacial score (nSPS) is 11.0. The van der Waals surface area contributed by atoms with E-state index in [-0.39, 0.29) is 22.7 Å². The van der Waals surface area contributed by atoms with E-state index in [1.165, 1.54) is 6.07 Å². The quantitative estimate of drug-likeness (QED) is 0.178. The number of para-hydroxylation sites is 1. The summed E-state index contributed by atoms with van der Waals surface area (Å²) in [5.74, 6) is -0.429. The van der Waals surface area contributed by atoms with E-state index in [0.717, 1.165) is 12.1 Å². The molecule has 1 heterocycles. The van der Waals surface area contributed by atoms with Crippen LogP contribution < -0.4 is 21.5 Å². The number of non-ortho nitro benzene ring substituents is 1. The van der Waals surface area contributed by atoms with Gasteiger partial charge in [0.25, 0.3) is 16.5 Å². The largest absolute Gasteiger partial charge is 0.506 e. The van der Waals surface area contributed by atoms with E-state index in [4.69, 9.17) is 0 Å². The van der Waals surface area contributed by atoms with E-state index in [0.29, 0.717) is 16.7 Å². The molecule has 0 bridgehead atoms. The molecular formula is C16H10N6O5. The lowest BCUT2D eigenvalue weighted by molar-refractivity contribution is -0.384. The van der Waals surface area contributed by atoms with Gasteiger partial charge in [-0.05, 0) is 18.2 Å². The molecular weight excluding hydrogens is 356 g/mol. The number of nitrogens with one attached hydrogen (secondary N) is 3. The number of hydrogen-bond acceptors (Lipinski definition) is 9. The van der Waals surface area contributed by atoms with Crippen molar-refractivity contribution < 1.29 is 10.0 Å². The molecule has 0 aliphatic rings. The molecule has 1 aromatic heterocycles. The van der Waals surface area contributed by atoms with Crippen LogP contribution in [0, 0.1) is 10.1 Å². The Morgan fingerprint density at radius 1 is 1.00 bits per heavy atom. The van der Waals surface area contributed by atoms with Crippen LogP contribution in [-0.2, 0) is 0 Å². The number of H-pyrrole nitrogens is 1. The van der Waals surface area contributed by atoms with Crippen molar-refractivity contribution in [1.29, 1.82) is 0 Å². The van der Waals surface area contributed by atoms with Gasteiger partial charge in [0, 0.05) is 6.07 Å². The third-order valence-corrected chi connectivity index (χ3v) is 3.97. The predicted octanol–water partition coefficient (Wildman–Crippen LogP) is 1.65. The maximum Gasteiger partial charge on any atom is 0.273 e. The number of fused-ring (bicyclic) bond motifs is 1. The molecule has 4 N–H and O–H groups in total. The third-order valence-electron chi connectivity index (χ3n) is 3.97. The van der Waals surface area contributed by atoms with Crippen molar-refractivity contribution in [2.75, 3.05) is 10.6 Å². The van der Waals surface area contributed by atoms with Gasteiger partial charge in [0.15, 0.2) is 0 Å². The fraction of sp³-hybridized carbons (Fsp3) is 0. The summed E-state index contributed by atoms with van der Waals surface area (Å²) in [6, 6.07) is 8.43. The first kappa shape index (κ1) is 16.2. The van der Waals surface area contributed by atoms with E-state index in [1.807, 2.05) is 0 Å². The van der Waals surface area contributed by atoms with Crippen LogP contribution in [0.1, 0.15) is 0 Å². The summed E-state index contributed by atoms with van der Waals surface area (Å²) in [7, 11) is 0. The molecule has 0 saturated heterocycles. The van der Waals surface area contributed by atoms with Crippen molar-refractivity contribution >= 4 is 39.5 Å². The van der Waals surface area contributed by atoms with Gasteiger partial charge in [-0.3, -0.25) is 19.7 Å². The fourth-order valence-electron chi connectivity index (χ4n) is 2.61. The number of anilines is 4. The van der Waals surface area contributed by atoms with Crippen molar-refractivity contribution in [2.45, 2.75) is 0 Å². The minimum absolute atomic E-state index is 0.00625. The summed E-state index contributed by atoms with van der Waals surface area (Å²) < 4.78 is 0. The number of rotatable bonds is 5. The monoisotopic (exact) mass is 366 g/mol. The van der Waals surface area contributed by atoms with Gasteiger partial charge in [0.05, 0.1) is 22.4 Å². The zero-order chi connectivity index (χ0) is 19.1. The van der Waals surface area contributed by atoms with Crippen LogP contribution in [0.25, 0.3) is 11.0 Å². The third kappa shape index (κ3) is 2.63. The Morgan fingerprint density at radius 3 is 2.37 bits per heavy atom. The van der Waals surface area contributed by atoms with Crippen LogP contribution >= 0.6 is 0 Å². The molecule has 0 atom stereocenters. The lowest BCUT2D eigenvalue weighted by atomic mass is 10.1. The average Bonchev–Trinajstić information content (AvgIpc) is 3.14. The van der Waals surface area contributed by atoms with Crippen molar-refractivity contribution in [3.8, 4) is 5.75 Å². The molecule has 0 spiro atoms. The first-order chi connectivity index (χ1) is 13.0. The smallest absolute Gasteiger partial charge is 0.273 e. The minimum Gasteiger partial charge on any atom is -0.506 e. The van der Waals surface area contributed by atoms with Crippen molar-refractivity contribution in [1.82, 2.24) is 15.4 Å². The van der Waals surface area contributed by atoms with Crippen molar-refractivity contribution in [2.24, 2.45) is 0 Å². The Bertz CT molecular complexity index is 1270. The molecule has 11 heteroatoms. The highest BCUT2D eigenvalue weighted by molar-refractivity contribution is 5.92. The summed E-state index contributed by atoms with van der Waals surface area (Å²) in [5.41, 5.74) is -0.324. The summed E-state index contributed by atoms with van der Waals surface area (Å²) in [6.07, 6.45) is 0. The molecule has 4 aromatic rings. The maximum absolute atomic E-state index is 12.0. The Balaban J connectivity index is 1.67. The molecule has 134 valence electrons. The summed E-state index contributed by atoms with van der Waals surface area (Å²) >= 11 is 0. The van der Waals surface area contributed by atoms with Gasteiger partial charge < -0.3 is 15.7 Å². The molecule has 0 amide bonds. The van der Waals surface area contributed by atoms with Crippen LogP contribution in [0.4, 0.5) is 28.4 Å². The molecule has 0 unspecified atom stereocenters. The first-order valence-electron chi connectivity index (χ1n) is 7.60. The Morgan fingerprint density at radius 2 is 1.70 bits per heavy atom. The maximum atomic E-state index is 12.0. The highest BCUT2D eigenvalue weighted by Crippen LogP contribution is 2.33. The molecule has 0 radical (unpaired) electrons. The average molecular weight is 366 g/mol. The molecule has 0 aliphatic carbocycles. The zero-order valence-electron chi connectivity index (χ0n) is 13.4. The lowest BCUT2D eigenvalue weighted by Gasteiger charge is -2.15. The fourth-order valence-corrected chi connectivity index (χ4v) is 2.61. The van der Waals surface area contributed by atoms with Crippen molar-refractivity contribution in [3.63, 3.8) is 0 Å². The molecule has 3 aromatic carbocycles. The second-order valence-corrected chi connectivity index (χ2v) is 5.61. The Kier molecular flexibility index (Phi) is 3.55. The standard InChI is InChI=1S/C16H10N6O5/c23-11-6-7(22(26)27)4-5-8(11)17-13-14(16(25)15(13)24)18-9-2-1-3-10-12(9)20-21-19-10/h1-6,17-18,23H,(H,19,20,21). The molecule has 11 nitrogen and oxygen atoms in total. The molecule has 0 fully saturated rings. The van der Waals surface area contributed by atoms with Gasteiger partial charge in [0.2, 0.25) is 0 Å². The van der Waals surface area contributed by atoms with Gasteiger partial charge in [-0.1, -0.05) is 6.07 Å². The zero-order valence-corrected chi connectivity index (χ0v) is 13.4. The lowest BCUT2D eigenvalue weighted by Crippen LogP contribution is -2.35. The number of benzene rings is 2. The van der Waals surface area contributed by atoms with Crippen LogP contribution in [0.5, 0.6) is 5.75 Å². The molecule has 0 saturated carbocycles. The van der Waals surface area contributed by atoms with Crippen molar-refractivity contribution in [3.05, 3.63) is 67.0 Å². The van der Waals surface area contributed by atoms with E-state index >= 15 is 0 Å². The van der Waals surface area contributed by atoms with Crippen LogP contribution in [0.3, 0.4) is 0 Å². The van der Waals surface area contributed by atoms with Gasteiger partial charge in [-0.2, -0.15) is 15.4 Å². The number of hydrogen-bond donors (Lipinski definition) is 4. The molecule has 0 aliphatic heterocycles. The number of aromatic nitrogens is 3. The van der Waals surface area contributed by atoms with Gasteiger partial charge in [-0.15, -0.1) is 0 Å². The number of phenolic OH excluding ortho intramolecular Hbond substituents is 1. The number of nitro benzene ring substituents is 1. The Hall–Kier alpha value is -4.28. The highest BCUT2D eigenvalue weighted by Gasteiger charge is 2.23. The molecule has 4 rings (SSSR count). The van der Waals surface area contributed by atoms with E-state index in [2.05, 4.69) is 26.0 Å². The predicted molar refractivity (Wildman–Crippen MR) is 96.6 cm³/mol. The topological polar surface area (TPSA) is 163 Å². The Labute approximate surface area is 149 Å². The van der Waals surface area contributed by atoms with Gasteiger partial charge >= 0.3 is 0 Å². The van der Waals surface area contributed by atoms with Crippen LogP contribution in [0.15, 0.2) is 46.0 Å². The molecule has 27 heavy (non-hydrogen) atoms. The second kappa shape index (κ2) is 5.91. The number of nitrogens with zero attached hydrogens (tertiary/aromatic N) is 3. The first-order valence-corrected chi connectivity index (χ1v) is 7.60.